The lowest BCUT2D eigenvalue weighted by molar-refractivity contribution is -0.137. The fourth-order valence-corrected chi connectivity index (χ4v) is 3.08. The molecule has 0 bridgehead atoms. The highest BCUT2D eigenvalue weighted by Crippen LogP contribution is 2.31. The number of aryl methyl sites for hydroxylation is 1. The summed E-state index contributed by atoms with van der Waals surface area (Å²) in [4.78, 5) is 19.9. The average Bonchev–Trinajstić information content (AvgIpc) is 3.19. The number of rotatable bonds is 4. The van der Waals surface area contributed by atoms with Gasteiger partial charge >= 0.3 is 5.97 Å². The molecule has 1 aliphatic heterocycles. The lowest BCUT2D eigenvalue weighted by Crippen LogP contribution is -2.18. The monoisotopic (exact) mass is 340 g/mol. The van der Waals surface area contributed by atoms with Crippen molar-refractivity contribution in [3.05, 3.63) is 36.2 Å². The van der Waals surface area contributed by atoms with Gasteiger partial charge in [0.1, 0.15) is 12.4 Å². The number of carbonyl (C=O) groups is 1. The van der Waals surface area contributed by atoms with Crippen molar-refractivity contribution >= 4 is 5.97 Å². The summed E-state index contributed by atoms with van der Waals surface area (Å²) >= 11 is 0. The smallest absolute Gasteiger partial charge is 0.325 e. The van der Waals surface area contributed by atoms with Crippen LogP contribution >= 0.6 is 0 Å². The summed E-state index contributed by atoms with van der Waals surface area (Å²) in [6.07, 6.45) is 6.05. The standard InChI is InChI=1S/C15H16N8O2/c24-12(25)9-23-14(17-13(19-23)10-4-6-16-7-5-10)11-3-1-2-8-22-15(11)18-20-21-22/h4-7,11H,1-3,8-9H2,(H,24,25)/t11-/m0/s1. The van der Waals surface area contributed by atoms with Crippen LogP contribution in [0.4, 0.5) is 0 Å². The average molecular weight is 340 g/mol. The van der Waals surface area contributed by atoms with Crippen LogP contribution < -0.4 is 0 Å². The number of carboxylic acid groups (broad SMARTS) is 1. The van der Waals surface area contributed by atoms with E-state index in [9.17, 15) is 9.90 Å². The van der Waals surface area contributed by atoms with Gasteiger partial charge in [-0.25, -0.2) is 14.3 Å². The first-order chi connectivity index (χ1) is 12.2. The zero-order valence-electron chi connectivity index (χ0n) is 13.4. The maximum absolute atomic E-state index is 11.3. The Bertz CT molecular complexity index is 888. The fraction of sp³-hybridized carbons (Fsp3) is 0.400. The minimum absolute atomic E-state index is 0.181. The van der Waals surface area contributed by atoms with Gasteiger partial charge in [0, 0.05) is 24.5 Å². The maximum Gasteiger partial charge on any atom is 0.325 e. The van der Waals surface area contributed by atoms with E-state index in [1.807, 2.05) is 0 Å². The molecule has 3 aromatic rings. The van der Waals surface area contributed by atoms with Crippen LogP contribution in [-0.4, -0.2) is 51.0 Å². The van der Waals surface area contributed by atoms with Crippen molar-refractivity contribution in [2.45, 2.75) is 38.3 Å². The van der Waals surface area contributed by atoms with Crippen LogP contribution in [0.3, 0.4) is 0 Å². The van der Waals surface area contributed by atoms with Crippen molar-refractivity contribution in [3.63, 3.8) is 0 Å². The molecule has 3 aromatic heterocycles. The van der Waals surface area contributed by atoms with Crippen LogP contribution in [-0.2, 0) is 17.9 Å². The molecule has 128 valence electrons. The molecule has 0 radical (unpaired) electrons. The predicted molar refractivity (Wildman–Crippen MR) is 84.4 cm³/mol. The van der Waals surface area contributed by atoms with Gasteiger partial charge in [0.25, 0.3) is 0 Å². The first-order valence-corrected chi connectivity index (χ1v) is 8.05. The van der Waals surface area contributed by atoms with Gasteiger partial charge in [0.05, 0.1) is 5.92 Å². The van der Waals surface area contributed by atoms with Gasteiger partial charge in [0.2, 0.25) is 0 Å². The van der Waals surface area contributed by atoms with Crippen molar-refractivity contribution in [1.29, 1.82) is 0 Å². The van der Waals surface area contributed by atoms with E-state index < -0.39 is 5.97 Å². The second kappa shape index (κ2) is 6.38. The summed E-state index contributed by atoms with van der Waals surface area (Å²) in [7, 11) is 0. The SMILES string of the molecule is O=C(O)Cn1nc(-c2ccncc2)nc1[C@@H]1CCCCn2nnnc21. The first-order valence-electron chi connectivity index (χ1n) is 8.05. The van der Waals surface area contributed by atoms with Gasteiger partial charge in [-0.15, -0.1) is 5.10 Å². The Kier molecular flexibility index (Phi) is 3.92. The van der Waals surface area contributed by atoms with E-state index in [1.165, 1.54) is 4.68 Å². The fourth-order valence-electron chi connectivity index (χ4n) is 3.08. The summed E-state index contributed by atoms with van der Waals surface area (Å²) < 4.78 is 3.21. The highest BCUT2D eigenvalue weighted by Gasteiger charge is 2.29. The van der Waals surface area contributed by atoms with E-state index in [2.05, 4.69) is 30.6 Å². The lowest BCUT2D eigenvalue weighted by Gasteiger charge is -2.12. The molecular weight excluding hydrogens is 324 g/mol. The predicted octanol–water partition coefficient (Wildman–Crippen LogP) is 0.727. The Balaban J connectivity index is 1.80. The van der Waals surface area contributed by atoms with Crippen LogP contribution in [0.1, 0.15) is 36.8 Å². The molecule has 0 unspecified atom stereocenters. The number of aliphatic carboxylic acids is 1. The molecule has 1 N–H and O–H groups in total. The van der Waals surface area contributed by atoms with Gasteiger partial charge in [0.15, 0.2) is 11.6 Å². The van der Waals surface area contributed by atoms with Crippen molar-refractivity contribution < 1.29 is 9.90 Å². The molecule has 0 fully saturated rings. The molecule has 10 heteroatoms. The molecule has 1 aliphatic rings. The van der Waals surface area contributed by atoms with E-state index in [4.69, 9.17) is 0 Å². The number of nitrogens with zero attached hydrogens (tertiary/aromatic N) is 8. The van der Waals surface area contributed by atoms with E-state index in [1.54, 1.807) is 29.2 Å². The Morgan fingerprint density at radius 3 is 2.88 bits per heavy atom. The zero-order valence-corrected chi connectivity index (χ0v) is 13.4. The molecule has 0 aliphatic carbocycles. The summed E-state index contributed by atoms with van der Waals surface area (Å²) in [5.74, 6) is 0.604. The van der Waals surface area contributed by atoms with E-state index >= 15 is 0 Å². The molecular formula is C15H16N8O2. The van der Waals surface area contributed by atoms with Gasteiger partial charge in [-0.1, -0.05) is 6.42 Å². The van der Waals surface area contributed by atoms with Gasteiger partial charge in [-0.2, -0.15) is 5.10 Å². The molecule has 25 heavy (non-hydrogen) atoms. The summed E-state index contributed by atoms with van der Waals surface area (Å²) in [6, 6.07) is 3.59. The molecule has 0 amide bonds. The third-order valence-electron chi connectivity index (χ3n) is 4.22. The largest absolute Gasteiger partial charge is 0.480 e. The molecule has 0 aromatic carbocycles. The van der Waals surface area contributed by atoms with Crippen molar-refractivity contribution in [3.8, 4) is 11.4 Å². The van der Waals surface area contributed by atoms with Gasteiger partial charge in [-0.05, 0) is 35.4 Å². The van der Waals surface area contributed by atoms with E-state index in [0.717, 1.165) is 31.4 Å². The van der Waals surface area contributed by atoms with Crippen molar-refractivity contribution in [1.82, 2.24) is 40.0 Å². The number of carboxylic acids is 1. The summed E-state index contributed by atoms with van der Waals surface area (Å²) in [5, 5.41) is 25.6. The number of hydrogen-bond acceptors (Lipinski definition) is 7. The molecule has 10 nitrogen and oxygen atoms in total. The highest BCUT2D eigenvalue weighted by molar-refractivity contribution is 5.66. The van der Waals surface area contributed by atoms with E-state index in [-0.39, 0.29) is 12.5 Å². The number of pyridine rings is 1. The maximum atomic E-state index is 11.3. The van der Waals surface area contributed by atoms with E-state index in [0.29, 0.717) is 17.5 Å². The molecule has 0 spiro atoms. The quantitative estimate of drug-likeness (QED) is 0.737. The second-order valence-electron chi connectivity index (χ2n) is 5.89. The van der Waals surface area contributed by atoms with Crippen molar-refractivity contribution in [2.75, 3.05) is 0 Å². The summed E-state index contributed by atoms with van der Waals surface area (Å²) in [5.41, 5.74) is 0.786. The summed E-state index contributed by atoms with van der Waals surface area (Å²) in [6.45, 7) is 0.495. The molecule has 0 saturated heterocycles. The van der Waals surface area contributed by atoms with Crippen LogP contribution in [0.5, 0.6) is 0 Å². The second-order valence-corrected chi connectivity index (χ2v) is 5.89. The molecule has 0 saturated carbocycles. The third-order valence-corrected chi connectivity index (χ3v) is 4.22. The first kappa shape index (κ1) is 15.4. The Morgan fingerprint density at radius 2 is 2.08 bits per heavy atom. The minimum atomic E-state index is -0.972. The number of hydrogen-bond donors (Lipinski definition) is 1. The third kappa shape index (κ3) is 2.97. The van der Waals surface area contributed by atoms with Gasteiger partial charge < -0.3 is 5.11 Å². The van der Waals surface area contributed by atoms with Crippen LogP contribution in [0, 0.1) is 0 Å². The minimum Gasteiger partial charge on any atom is -0.480 e. The zero-order chi connectivity index (χ0) is 17.2. The number of tetrazole rings is 1. The molecule has 4 rings (SSSR count). The van der Waals surface area contributed by atoms with Crippen LogP contribution in [0.2, 0.25) is 0 Å². The molecule has 1 atom stereocenters. The Labute approximate surface area is 142 Å². The lowest BCUT2D eigenvalue weighted by atomic mass is 10.0. The number of fused-ring (bicyclic) bond motifs is 1. The normalized spacial score (nSPS) is 17.0. The topological polar surface area (TPSA) is 124 Å². The van der Waals surface area contributed by atoms with Crippen molar-refractivity contribution in [2.24, 2.45) is 0 Å². The Hall–Kier alpha value is -3.17. The van der Waals surface area contributed by atoms with Crippen LogP contribution in [0.25, 0.3) is 11.4 Å². The Morgan fingerprint density at radius 1 is 1.24 bits per heavy atom. The molecule has 4 heterocycles. The van der Waals surface area contributed by atoms with Gasteiger partial charge in [-0.3, -0.25) is 9.78 Å². The highest BCUT2D eigenvalue weighted by atomic mass is 16.4. The number of aromatic nitrogens is 8. The van der Waals surface area contributed by atoms with Crippen LogP contribution in [0.15, 0.2) is 24.5 Å².